The van der Waals surface area contributed by atoms with Crippen LogP contribution in [0.4, 0.5) is 0 Å². The smallest absolute Gasteiger partial charge is 0.317 e. The zero-order chi connectivity index (χ0) is 16.7. The Morgan fingerprint density at radius 2 is 2.09 bits per heavy atom. The van der Waals surface area contributed by atoms with E-state index < -0.39 is 5.97 Å². The van der Waals surface area contributed by atoms with E-state index in [4.69, 9.17) is 21.4 Å². The standard InChI is InChI=1S/C17H25ClN2O3/c1-2-20(13-17(21)22)14-7-9-19(10-8-14)11-12-23-16-6-4-3-5-15(16)18/h3-6,14H,2,7-13H2,1H3,(H,21,22). The van der Waals surface area contributed by atoms with Crippen molar-refractivity contribution in [3.63, 3.8) is 0 Å². The molecule has 5 nitrogen and oxygen atoms in total. The van der Waals surface area contributed by atoms with Gasteiger partial charge in [0.05, 0.1) is 11.6 Å². The molecule has 0 aliphatic carbocycles. The minimum atomic E-state index is -0.748. The zero-order valence-corrected chi connectivity index (χ0v) is 14.3. The lowest BCUT2D eigenvalue weighted by atomic mass is 10.0. The molecule has 1 aliphatic rings. The van der Waals surface area contributed by atoms with E-state index in [1.807, 2.05) is 31.2 Å². The molecular weight excluding hydrogens is 316 g/mol. The van der Waals surface area contributed by atoms with Gasteiger partial charge in [0.2, 0.25) is 0 Å². The van der Waals surface area contributed by atoms with E-state index >= 15 is 0 Å². The molecule has 1 heterocycles. The summed E-state index contributed by atoms with van der Waals surface area (Å²) in [5.41, 5.74) is 0. The third-order valence-electron chi connectivity index (χ3n) is 4.32. The number of carboxylic acids is 1. The molecule has 0 bridgehead atoms. The average Bonchev–Trinajstić information content (AvgIpc) is 2.55. The number of likely N-dealkylation sites (N-methyl/N-ethyl adjacent to an activating group) is 1. The number of carboxylic acid groups (broad SMARTS) is 1. The van der Waals surface area contributed by atoms with Gasteiger partial charge in [-0.2, -0.15) is 0 Å². The van der Waals surface area contributed by atoms with Gasteiger partial charge in [-0.1, -0.05) is 30.7 Å². The summed E-state index contributed by atoms with van der Waals surface area (Å²) >= 11 is 6.07. The van der Waals surface area contributed by atoms with Crippen LogP contribution in [0.25, 0.3) is 0 Å². The minimum Gasteiger partial charge on any atom is -0.491 e. The Morgan fingerprint density at radius 1 is 1.39 bits per heavy atom. The molecule has 0 amide bonds. The van der Waals surface area contributed by atoms with E-state index in [0.717, 1.165) is 44.8 Å². The summed E-state index contributed by atoms with van der Waals surface area (Å²) in [4.78, 5) is 15.3. The van der Waals surface area contributed by atoms with Gasteiger partial charge in [-0.05, 0) is 44.6 Å². The molecule has 6 heteroatoms. The monoisotopic (exact) mass is 340 g/mol. The molecule has 0 atom stereocenters. The number of halogens is 1. The van der Waals surface area contributed by atoms with Crippen LogP contribution < -0.4 is 4.74 Å². The molecule has 2 rings (SSSR count). The van der Waals surface area contributed by atoms with Crippen molar-refractivity contribution in [1.29, 1.82) is 0 Å². The molecule has 1 fully saturated rings. The Balaban J connectivity index is 1.70. The maximum atomic E-state index is 10.9. The lowest BCUT2D eigenvalue weighted by Gasteiger charge is -2.37. The molecule has 0 radical (unpaired) electrons. The van der Waals surface area contributed by atoms with Gasteiger partial charge >= 0.3 is 5.97 Å². The second-order valence-corrected chi connectivity index (χ2v) is 6.22. The van der Waals surface area contributed by atoms with Gasteiger partial charge in [-0.15, -0.1) is 0 Å². The van der Waals surface area contributed by atoms with Crippen molar-refractivity contribution in [2.75, 3.05) is 39.3 Å². The maximum Gasteiger partial charge on any atom is 0.317 e. The minimum absolute atomic E-state index is 0.136. The summed E-state index contributed by atoms with van der Waals surface area (Å²) in [6.07, 6.45) is 2.01. The number of nitrogens with zero attached hydrogens (tertiary/aromatic N) is 2. The molecule has 1 N–H and O–H groups in total. The van der Waals surface area contributed by atoms with Crippen LogP contribution in [0, 0.1) is 0 Å². The predicted molar refractivity (Wildman–Crippen MR) is 91.3 cm³/mol. The number of likely N-dealkylation sites (tertiary alicyclic amines) is 1. The molecule has 0 unspecified atom stereocenters. The lowest BCUT2D eigenvalue weighted by molar-refractivity contribution is -0.139. The van der Waals surface area contributed by atoms with Crippen molar-refractivity contribution in [3.8, 4) is 5.75 Å². The second kappa shape index (κ2) is 9.11. The number of rotatable bonds is 8. The van der Waals surface area contributed by atoms with Crippen molar-refractivity contribution in [3.05, 3.63) is 29.3 Å². The van der Waals surface area contributed by atoms with Crippen molar-refractivity contribution >= 4 is 17.6 Å². The van der Waals surface area contributed by atoms with E-state index in [0.29, 0.717) is 17.7 Å². The molecule has 1 aliphatic heterocycles. The van der Waals surface area contributed by atoms with E-state index in [1.165, 1.54) is 0 Å². The Bertz CT molecular complexity index is 504. The Hall–Kier alpha value is -1.30. The van der Waals surface area contributed by atoms with Gasteiger partial charge in [0.1, 0.15) is 12.4 Å². The largest absolute Gasteiger partial charge is 0.491 e. The Kier molecular flexibility index (Phi) is 7.15. The number of ether oxygens (including phenoxy) is 1. The van der Waals surface area contributed by atoms with Crippen LogP contribution in [-0.2, 0) is 4.79 Å². The van der Waals surface area contributed by atoms with Gasteiger partial charge in [0.25, 0.3) is 0 Å². The summed E-state index contributed by atoms with van der Waals surface area (Å²) in [5, 5.41) is 9.60. The van der Waals surface area contributed by atoms with Crippen LogP contribution in [0.1, 0.15) is 19.8 Å². The highest BCUT2D eigenvalue weighted by molar-refractivity contribution is 6.32. The molecule has 128 valence electrons. The van der Waals surface area contributed by atoms with Gasteiger partial charge in [0.15, 0.2) is 0 Å². The Labute approximate surface area is 142 Å². The fraction of sp³-hybridized carbons (Fsp3) is 0.588. The molecule has 1 aromatic carbocycles. The van der Waals surface area contributed by atoms with Crippen molar-refractivity contribution in [1.82, 2.24) is 9.80 Å². The number of hydrogen-bond acceptors (Lipinski definition) is 4. The number of hydrogen-bond donors (Lipinski definition) is 1. The van der Waals surface area contributed by atoms with Crippen molar-refractivity contribution in [2.24, 2.45) is 0 Å². The Morgan fingerprint density at radius 3 is 2.70 bits per heavy atom. The van der Waals surface area contributed by atoms with Crippen LogP contribution in [0.15, 0.2) is 24.3 Å². The summed E-state index contributed by atoms with van der Waals surface area (Å²) < 4.78 is 5.73. The van der Waals surface area contributed by atoms with Crippen LogP contribution in [0.5, 0.6) is 5.75 Å². The van der Waals surface area contributed by atoms with E-state index in [1.54, 1.807) is 0 Å². The van der Waals surface area contributed by atoms with E-state index in [2.05, 4.69) is 9.80 Å². The first kappa shape index (κ1) is 18.0. The molecule has 1 aromatic rings. The average molecular weight is 341 g/mol. The van der Waals surface area contributed by atoms with Crippen LogP contribution in [0.3, 0.4) is 0 Å². The predicted octanol–water partition coefficient (Wildman–Crippen LogP) is 2.59. The van der Waals surface area contributed by atoms with Gasteiger partial charge < -0.3 is 9.84 Å². The number of benzene rings is 1. The fourth-order valence-electron chi connectivity index (χ4n) is 3.03. The first-order valence-corrected chi connectivity index (χ1v) is 8.53. The quantitative estimate of drug-likeness (QED) is 0.788. The highest BCUT2D eigenvalue weighted by atomic mass is 35.5. The van der Waals surface area contributed by atoms with E-state index in [-0.39, 0.29) is 6.54 Å². The van der Waals surface area contributed by atoms with Crippen LogP contribution >= 0.6 is 11.6 Å². The first-order chi connectivity index (χ1) is 11.1. The van der Waals surface area contributed by atoms with Gasteiger partial charge in [0, 0.05) is 12.6 Å². The molecule has 23 heavy (non-hydrogen) atoms. The third-order valence-corrected chi connectivity index (χ3v) is 4.63. The summed E-state index contributed by atoms with van der Waals surface area (Å²) in [6, 6.07) is 7.87. The van der Waals surface area contributed by atoms with Crippen molar-refractivity contribution < 1.29 is 14.6 Å². The van der Waals surface area contributed by atoms with Gasteiger partial charge in [-0.3, -0.25) is 14.6 Å². The maximum absolute atomic E-state index is 10.9. The fourth-order valence-corrected chi connectivity index (χ4v) is 3.22. The number of aliphatic carboxylic acids is 1. The molecule has 0 aromatic heterocycles. The van der Waals surface area contributed by atoms with E-state index in [9.17, 15) is 4.79 Å². The van der Waals surface area contributed by atoms with Crippen LogP contribution in [0.2, 0.25) is 5.02 Å². The highest BCUT2D eigenvalue weighted by Crippen LogP contribution is 2.23. The number of carbonyl (C=O) groups is 1. The normalized spacial score (nSPS) is 16.7. The molecular formula is C17H25ClN2O3. The topological polar surface area (TPSA) is 53.0 Å². The molecule has 0 saturated carbocycles. The second-order valence-electron chi connectivity index (χ2n) is 5.81. The third kappa shape index (κ3) is 5.68. The lowest BCUT2D eigenvalue weighted by Crippen LogP contribution is -2.47. The summed E-state index contributed by atoms with van der Waals surface area (Å²) in [6.45, 7) is 6.37. The zero-order valence-electron chi connectivity index (χ0n) is 13.6. The summed E-state index contributed by atoms with van der Waals surface area (Å²) in [5.74, 6) is -0.0231. The molecule has 0 spiro atoms. The first-order valence-electron chi connectivity index (χ1n) is 8.15. The van der Waals surface area contributed by atoms with Gasteiger partial charge in [-0.25, -0.2) is 0 Å². The van der Waals surface area contributed by atoms with Crippen LogP contribution in [-0.4, -0.2) is 66.2 Å². The highest BCUT2D eigenvalue weighted by Gasteiger charge is 2.24. The summed E-state index contributed by atoms with van der Waals surface area (Å²) in [7, 11) is 0. The number of para-hydroxylation sites is 1. The van der Waals surface area contributed by atoms with Crippen molar-refractivity contribution in [2.45, 2.75) is 25.8 Å². The number of piperidine rings is 1. The SMILES string of the molecule is CCN(CC(=O)O)C1CCN(CCOc2ccccc2Cl)CC1. The molecule has 1 saturated heterocycles.